The van der Waals surface area contributed by atoms with E-state index in [2.05, 4.69) is 12.2 Å². The molecule has 0 saturated heterocycles. The second kappa shape index (κ2) is 6.13. The van der Waals surface area contributed by atoms with Gasteiger partial charge in [-0.1, -0.05) is 19.8 Å². The minimum absolute atomic E-state index is 0.186. The molecule has 0 aromatic heterocycles. The standard InChI is InChI=1S/C13H20N2O2/c1-3-4-5-12(13(14)17)15-10-6-9(2)7-11(16)8-10/h6-8,12,15-16H,3-5H2,1-2H3,(H2,14,17). The highest BCUT2D eigenvalue weighted by molar-refractivity contribution is 5.83. The highest BCUT2D eigenvalue weighted by Crippen LogP contribution is 2.20. The second-order valence-corrected chi connectivity index (χ2v) is 4.30. The molecule has 1 amide bonds. The summed E-state index contributed by atoms with van der Waals surface area (Å²) < 4.78 is 0. The average molecular weight is 236 g/mol. The van der Waals surface area contributed by atoms with E-state index in [-0.39, 0.29) is 17.7 Å². The van der Waals surface area contributed by atoms with Gasteiger partial charge < -0.3 is 16.2 Å². The number of phenolic OH excluding ortho intramolecular Hbond substituents is 1. The van der Waals surface area contributed by atoms with Crippen LogP contribution in [0.1, 0.15) is 31.7 Å². The van der Waals surface area contributed by atoms with Crippen molar-refractivity contribution in [2.45, 2.75) is 39.2 Å². The summed E-state index contributed by atoms with van der Waals surface area (Å²) >= 11 is 0. The van der Waals surface area contributed by atoms with Crippen LogP contribution >= 0.6 is 0 Å². The number of primary amides is 1. The number of hydrogen-bond donors (Lipinski definition) is 3. The van der Waals surface area contributed by atoms with Crippen LogP contribution in [0.3, 0.4) is 0 Å². The minimum atomic E-state index is -0.379. The predicted molar refractivity (Wildman–Crippen MR) is 69.0 cm³/mol. The first kappa shape index (κ1) is 13.4. The number of amides is 1. The molecule has 0 aliphatic carbocycles. The fraction of sp³-hybridized carbons (Fsp3) is 0.462. The summed E-state index contributed by atoms with van der Waals surface area (Å²) in [4.78, 5) is 11.3. The molecule has 1 atom stereocenters. The number of anilines is 1. The zero-order valence-corrected chi connectivity index (χ0v) is 10.4. The smallest absolute Gasteiger partial charge is 0.239 e. The van der Waals surface area contributed by atoms with Crippen LogP contribution in [-0.2, 0) is 4.79 Å². The third-order valence-corrected chi connectivity index (χ3v) is 2.59. The Morgan fingerprint density at radius 1 is 1.47 bits per heavy atom. The molecule has 4 N–H and O–H groups in total. The molecule has 1 rings (SSSR count). The Labute approximate surface area is 102 Å². The molecule has 0 aliphatic rings. The normalized spacial score (nSPS) is 12.1. The number of rotatable bonds is 6. The lowest BCUT2D eigenvalue weighted by molar-refractivity contribution is -0.118. The van der Waals surface area contributed by atoms with Crippen molar-refractivity contribution in [3.05, 3.63) is 23.8 Å². The van der Waals surface area contributed by atoms with E-state index in [0.29, 0.717) is 6.42 Å². The molecule has 0 heterocycles. The summed E-state index contributed by atoms with van der Waals surface area (Å²) in [6, 6.07) is 4.75. The number of aryl methyl sites for hydroxylation is 1. The zero-order valence-electron chi connectivity index (χ0n) is 10.4. The van der Waals surface area contributed by atoms with Crippen molar-refractivity contribution < 1.29 is 9.90 Å². The molecule has 4 nitrogen and oxygen atoms in total. The van der Waals surface area contributed by atoms with Gasteiger partial charge in [-0.05, 0) is 31.0 Å². The topological polar surface area (TPSA) is 75.3 Å². The van der Waals surface area contributed by atoms with Gasteiger partial charge in [0.05, 0.1) is 0 Å². The van der Waals surface area contributed by atoms with Crippen LogP contribution in [0.4, 0.5) is 5.69 Å². The second-order valence-electron chi connectivity index (χ2n) is 4.30. The van der Waals surface area contributed by atoms with E-state index in [4.69, 9.17) is 5.73 Å². The number of aromatic hydroxyl groups is 1. The fourth-order valence-corrected chi connectivity index (χ4v) is 1.74. The Bertz CT molecular complexity index is 371. The Kier molecular flexibility index (Phi) is 4.82. The lowest BCUT2D eigenvalue weighted by Gasteiger charge is -2.17. The average Bonchev–Trinajstić information content (AvgIpc) is 2.22. The lowest BCUT2D eigenvalue weighted by atomic mass is 10.1. The van der Waals surface area contributed by atoms with Crippen LogP contribution < -0.4 is 11.1 Å². The fourth-order valence-electron chi connectivity index (χ4n) is 1.74. The quantitative estimate of drug-likeness (QED) is 0.708. The molecule has 0 saturated carbocycles. The molecular weight excluding hydrogens is 216 g/mol. The van der Waals surface area contributed by atoms with Gasteiger partial charge >= 0.3 is 0 Å². The van der Waals surface area contributed by atoms with Gasteiger partial charge in [-0.3, -0.25) is 4.79 Å². The number of unbranched alkanes of at least 4 members (excludes halogenated alkanes) is 1. The van der Waals surface area contributed by atoms with Gasteiger partial charge in [-0.2, -0.15) is 0 Å². The monoisotopic (exact) mass is 236 g/mol. The molecule has 1 unspecified atom stereocenters. The van der Waals surface area contributed by atoms with Crippen LogP contribution in [0, 0.1) is 6.92 Å². The Balaban J connectivity index is 2.74. The molecule has 0 radical (unpaired) electrons. The number of benzene rings is 1. The number of hydrogen-bond acceptors (Lipinski definition) is 3. The Morgan fingerprint density at radius 3 is 2.71 bits per heavy atom. The van der Waals surface area contributed by atoms with Crippen molar-refractivity contribution in [3.8, 4) is 5.75 Å². The maximum Gasteiger partial charge on any atom is 0.239 e. The first-order valence-electron chi connectivity index (χ1n) is 5.89. The number of carbonyl (C=O) groups is 1. The molecule has 1 aromatic carbocycles. The van der Waals surface area contributed by atoms with Gasteiger partial charge in [0.15, 0.2) is 0 Å². The maximum atomic E-state index is 11.3. The van der Waals surface area contributed by atoms with E-state index in [1.54, 1.807) is 12.1 Å². The van der Waals surface area contributed by atoms with Crippen molar-refractivity contribution in [2.24, 2.45) is 5.73 Å². The molecule has 0 bridgehead atoms. The number of carbonyl (C=O) groups excluding carboxylic acids is 1. The molecule has 0 aliphatic heterocycles. The first-order chi connectivity index (χ1) is 8.02. The van der Waals surface area contributed by atoms with Crippen molar-refractivity contribution in [1.29, 1.82) is 0 Å². The zero-order chi connectivity index (χ0) is 12.8. The molecular formula is C13H20N2O2. The van der Waals surface area contributed by atoms with E-state index in [1.165, 1.54) is 0 Å². The summed E-state index contributed by atoms with van der Waals surface area (Å²) in [5, 5.41) is 12.5. The van der Waals surface area contributed by atoms with Crippen molar-refractivity contribution in [2.75, 3.05) is 5.32 Å². The van der Waals surface area contributed by atoms with Crippen molar-refractivity contribution in [1.82, 2.24) is 0 Å². The van der Waals surface area contributed by atoms with Crippen LogP contribution in [0.25, 0.3) is 0 Å². The third-order valence-electron chi connectivity index (χ3n) is 2.59. The SMILES string of the molecule is CCCCC(Nc1cc(C)cc(O)c1)C(N)=O. The molecule has 0 spiro atoms. The van der Waals surface area contributed by atoms with Crippen LogP contribution in [-0.4, -0.2) is 17.1 Å². The Morgan fingerprint density at radius 2 is 2.18 bits per heavy atom. The highest BCUT2D eigenvalue weighted by atomic mass is 16.3. The largest absolute Gasteiger partial charge is 0.508 e. The maximum absolute atomic E-state index is 11.3. The third kappa shape index (κ3) is 4.34. The molecule has 4 heteroatoms. The molecule has 1 aromatic rings. The summed E-state index contributed by atoms with van der Waals surface area (Å²) in [5.74, 6) is -0.175. The van der Waals surface area contributed by atoms with Gasteiger partial charge in [-0.15, -0.1) is 0 Å². The van der Waals surface area contributed by atoms with Gasteiger partial charge in [0.2, 0.25) is 5.91 Å². The number of phenols is 1. The van der Waals surface area contributed by atoms with Crippen LogP contribution in [0.15, 0.2) is 18.2 Å². The van der Waals surface area contributed by atoms with Gasteiger partial charge in [0.25, 0.3) is 0 Å². The van der Waals surface area contributed by atoms with Crippen molar-refractivity contribution >= 4 is 11.6 Å². The summed E-state index contributed by atoms with van der Waals surface area (Å²) in [7, 11) is 0. The summed E-state index contributed by atoms with van der Waals surface area (Å²) in [5.41, 5.74) is 7.00. The highest BCUT2D eigenvalue weighted by Gasteiger charge is 2.14. The molecule has 94 valence electrons. The molecule has 0 fully saturated rings. The van der Waals surface area contributed by atoms with Gasteiger partial charge in [-0.25, -0.2) is 0 Å². The van der Waals surface area contributed by atoms with Crippen LogP contribution in [0.2, 0.25) is 0 Å². The predicted octanol–water partition coefficient (Wildman–Crippen LogP) is 2.16. The van der Waals surface area contributed by atoms with Crippen LogP contribution in [0.5, 0.6) is 5.75 Å². The summed E-state index contributed by atoms with van der Waals surface area (Å²) in [6.07, 6.45) is 2.67. The van der Waals surface area contributed by atoms with Gasteiger partial charge in [0.1, 0.15) is 11.8 Å². The number of nitrogens with two attached hydrogens (primary N) is 1. The van der Waals surface area contributed by atoms with Gasteiger partial charge in [0, 0.05) is 11.8 Å². The molecule has 17 heavy (non-hydrogen) atoms. The van der Waals surface area contributed by atoms with E-state index >= 15 is 0 Å². The Hall–Kier alpha value is -1.71. The lowest BCUT2D eigenvalue weighted by Crippen LogP contribution is -2.35. The van der Waals surface area contributed by atoms with Crippen molar-refractivity contribution in [3.63, 3.8) is 0 Å². The number of nitrogens with one attached hydrogen (secondary N) is 1. The van der Waals surface area contributed by atoms with E-state index in [9.17, 15) is 9.90 Å². The first-order valence-corrected chi connectivity index (χ1v) is 5.89. The minimum Gasteiger partial charge on any atom is -0.508 e. The van der Waals surface area contributed by atoms with E-state index in [0.717, 1.165) is 24.1 Å². The van der Waals surface area contributed by atoms with E-state index in [1.807, 2.05) is 13.0 Å². The summed E-state index contributed by atoms with van der Waals surface area (Å²) in [6.45, 7) is 3.95. The van der Waals surface area contributed by atoms with E-state index < -0.39 is 0 Å².